The monoisotopic (exact) mass is 318 g/mol. The molecule has 2 rings (SSSR count). The molecule has 0 saturated heterocycles. The normalized spacial score (nSPS) is 10.1. The number of anilines is 2. The lowest BCUT2D eigenvalue weighted by molar-refractivity contribution is -0.114. The first-order chi connectivity index (χ1) is 10.5. The van der Waals surface area contributed by atoms with Crippen LogP contribution in [-0.2, 0) is 9.59 Å². The van der Waals surface area contributed by atoms with E-state index in [1.807, 2.05) is 30.3 Å². The summed E-state index contributed by atoms with van der Waals surface area (Å²) >= 11 is 1.41. The van der Waals surface area contributed by atoms with Gasteiger partial charge in [0.2, 0.25) is 11.8 Å². The predicted octanol–water partition coefficient (Wildman–Crippen LogP) is 3.51. The summed E-state index contributed by atoms with van der Waals surface area (Å²) in [5.74, 6) is -0.875. The molecule has 2 amide bonds. The Balaban J connectivity index is 1.95. The van der Waals surface area contributed by atoms with Gasteiger partial charge in [-0.3, -0.25) is 9.59 Å². The van der Waals surface area contributed by atoms with Crippen molar-refractivity contribution in [2.24, 2.45) is 0 Å². The van der Waals surface area contributed by atoms with Gasteiger partial charge in [0.15, 0.2) is 0 Å². The third-order valence-corrected chi connectivity index (χ3v) is 3.69. The van der Waals surface area contributed by atoms with Crippen molar-refractivity contribution in [2.75, 3.05) is 16.4 Å². The summed E-state index contributed by atoms with van der Waals surface area (Å²) in [5.41, 5.74) is 0.477. The fourth-order valence-corrected chi connectivity index (χ4v) is 2.47. The van der Waals surface area contributed by atoms with Crippen LogP contribution in [0.3, 0.4) is 0 Å². The third-order valence-electron chi connectivity index (χ3n) is 2.67. The molecular weight excluding hydrogens is 303 g/mol. The third kappa shape index (κ3) is 4.89. The van der Waals surface area contributed by atoms with Crippen LogP contribution in [0.2, 0.25) is 0 Å². The standard InChI is InChI=1S/C16H15FN2O2S/c1-11(20)18-15-9-12(7-8-14(15)17)19-16(21)10-22-13-5-3-2-4-6-13/h2-9H,10H2,1H3,(H,18,20)(H,19,21). The highest BCUT2D eigenvalue weighted by Crippen LogP contribution is 2.21. The van der Waals surface area contributed by atoms with E-state index in [1.54, 1.807) is 0 Å². The summed E-state index contributed by atoms with van der Waals surface area (Å²) in [6.45, 7) is 1.29. The smallest absolute Gasteiger partial charge is 0.234 e. The van der Waals surface area contributed by atoms with E-state index >= 15 is 0 Å². The van der Waals surface area contributed by atoms with E-state index in [2.05, 4.69) is 10.6 Å². The van der Waals surface area contributed by atoms with Gasteiger partial charge in [-0.25, -0.2) is 4.39 Å². The molecule has 0 saturated carbocycles. The molecule has 0 aliphatic rings. The minimum absolute atomic E-state index is 0.0426. The molecule has 0 radical (unpaired) electrons. The molecule has 0 heterocycles. The second-order valence-electron chi connectivity index (χ2n) is 4.53. The van der Waals surface area contributed by atoms with Crippen LogP contribution in [0, 0.1) is 5.82 Å². The van der Waals surface area contributed by atoms with Crippen molar-refractivity contribution in [1.29, 1.82) is 0 Å². The van der Waals surface area contributed by atoms with E-state index in [1.165, 1.54) is 36.9 Å². The molecule has 0 bridgehead atoms. The topological polar surface area (TPSA) is 58.2 Å². The van der Waals surface area contributed by atoms with Crippen molar-refractivity contribution in [3.8, 4) is 0 Å². The largest absolute Gasteiger partial charge is 0.325 e. The second kappa shape index (κ2) is 7.61. The van der Waals surface area contributed by atoms with Crippen LogP contribution in [0.5, 0.6) is 0 Å². The highest BCUT2D eigenvalue weighted by atomic mass is 32.2. The summed E-state index contributed by atoms with van der Waals surface area (Å²) in [6, 6.07) is 13.6. The summed E-state index contributed by atoms with van der Waals surface area (Å²) in [7, 11) is 0. The van der Waals surface area contributed by atoms with Gasteiger partial charge in [-0.15, -0.1) is 11.8 Å². The zero-order valence-electron chi connectivity index (χ0n) is 11.9. The molecule has 0 atom stereocenters. The first-order valence-electron chi connectivity index (χ1n) is 6.59. The summed E-state index contributed by atoms with van der Waals surface area (Å²) in [5, 5.41) is 5.05. The van der Waals surface area contributed by atoms with Gasteiger partial charge in [-0.1, -0.05) is 18.2 Å². The van der Waals surface area contributed by atoms with Crippen molar-refractivity contribution >= 4 is 35.0 Å². The number of carbonyl (C=O) groups excluding carboxylic acids is 2. The molecular formula is C16H15FN2O2S. The lowest BCUT2D eigenvalue weighted by Crippen LogP contribution is -2.15. The molecule has 0 aliphatic carbocycles. The Bertz CT molecular complexity index is 677. The molecule has 22 heavy (non-hydrogen) atoms. The predicted molar refractivity (Wildman–Crippen MR) is 86.5 cm³/mol. The quantitative estimate of drug-likeness (QED) is 0.829. The lowest BCUT2D eigenvalue weighted by atomic mass is 10.2. The molecule has 0 fully saturated rings. The van der Waals surface area contributed by atoms with Crippen LogP contribution in [0.1, 0.15) is 6.92 Å². The maximum atomic E-state index is 13.5. The van der Waals surface area contributed by atoms with Crippen LogP contribution < -0.4 is 10.6 Å². The SMILES string of the molecule is CC(=O)Nc1cc(NC(=O)CSc2ccccc2)ccc1F. The fourth-order valence-electron chi connectivity index (χ4n) is 1.75. The van der Waals surface area contributed by atoms with Gasteiger partial charge >= 0.3 is 0 Å². The Morgan fingerprint density at radius 1 is 1.09 bits per heavy atom. The van der Waals surface area contributed by atoms with E-state index in [0.29, 0.717) is 5.69 Å². The van der Waals surface area contributed by atoms with Crippen molar-refractivity contribution in [2.45, 2.75) is 11.8 Å². The second-order valence-corrected chi connectivity index (χ2v) is 5.57. The molecule has 0 spiro atoms. The van der Waals surface area contributed by atoms with Gasteiger partial charge in [0.25, 0.3) is 0 Å². The maximum absolute atomic E-state index is 13.5. The lowest BCUT2D eigenvalue weighted by Gasteiger charge is -2.09. The zero-order valence-corrected chi connectivity index (χ0v) is 12.7. The highest BCUT2D eigenvalue weighted by Gasteiger charge is 2.08. The Kier molecular flexibility index (Phi) is 5.55. The molecule has 2 aromatic carbocycles. The van der Waals surface area contributed by atoms with Gasteiger partial charge in [0.1, 0.15) is 5.82 Å². The summed E-state index contributed by atoms with van der Waals surface area (Å²) < 4.78 is 13.5. The number of halogens is 1. The van der Waals surface area contributed by atoms with Crippen molar-refractivity contribution in [3.05, 3.63) is 54.3 Å². The number of amides is 2. The molecule has 2 N–H and O–H groups in total. The number of hydrogen-bond acceptors (Lipinski definition) is 3. The molecule has 0 unspecified atom stereocenters. The number of rotatable bonds is 5. The number of carbonyl (C=O) groups is 2. The van der Waals surface area contributed by atoms with Crippen LogP contribution in [0.15, 0.2) is 53.4 Å². The van der Waals surface area contributed by atoms with Crippen LogP contribution >= 0.6 is 11.8 Å². The maximum Gasteiger partial charge on any atom is 0.234 e. The van der Waals surface area contributed by atoms with E-state index in [9.17, 15) is 14.0 Å². The Labute approximate surface area is 132 Å². The fraction of sp³-hybridized carbons (Fsp3) is 0.125. The van der Waals surface area contributed by atoms with Crippen LogP contribution in [0.4, 0.5) is 15.8 Å². The van der Waals surface area contributed by atoms with E-state index < -0.39 is 5.82 Å². The van der Waals surface area contributed by atoms with E-state index in [4.69, 9.17) is 0 Å². The Morgan fingerprint density at radius 2 is 1.82 bits per heavy atom. The number of nitrogens with one attached hydrogen (secondary N) is 2. The average molecular weight is 318 g/mol. The summed E-state index contributed by atoms with van der Waals surface area (Å²) in [4.78, 5) is 23.9. The van der Waals surface area contributed by atoms with Crippen molar-refractivity contribution in [1.82, 2.24) is 0 Å². The molecule has 0 aromatic heterocycles. The number of thioether (sulfide) groups is 1. The van der Waals surface area contributed by atoms with Gasteiger partial charge in [0, 0.05) is 17.5 Å². The van der Waals surface area contributed by atoms with E-state index in [0.717, 1.165) is 4.90 Å². The molecule has 4 nitrogen and oxygen atoms in total. The van der Waals surface area contributed by atoms with Crippen LogP contribution in [-0.4, -0.2) is 17.6 Å². The number of hydrogen-bond donors (Lipinski definition) is 2. The van der Waals surface area contributed by atoms with Gasteiger partial charge in [-0.2, -0.15) is 0 Å². The number of benzene rings is 2. The van der Waals surface area contributed by atoms with Gasteiger partial charge in [-0.05, 0) is 30.3 Å². The Morgan fingerprint density at radius 3 is 2.50 bits per heavy atom. The summed E-state index contributed by atoms with van der Waals surface area (Å²) in [6.07, 6.45) is 0. The Hall–Kier alpha value is -2.34. The van der Waals surface area contributed by atoms with E-state index in [-0.39, 0.29) is 23.3 Å². The zero-order chi connectivity index (χ0) is 15.9. The molecule has 6 heteroatoms. The first kappa shape index (κ1) is 16.0. The average Bonchev–Trinajstić information content (AvgIpc) is 2.49. The molecule has 0 aliphatic heterocycles. The van der Waals surface area contributed by atoms with Crippen molar-refractivity contribution in [3.63, 3.8) is 0 Å². The van der Waals surface area contributed by atoms with Crippen LogP contribution in [0.25, 0.3) is 0 Å². The molecule has 2 aromatic rings. The minimum atomic E-state index is -0.549. The molecule has 114 valence electrons. The van der Waals surface area contributed by atoms with Crippen molar-refractivity contribution < 1.29 is 14.0 Å². The van der Waals surface area contributed by atoms with Gasteiger partial charge < -0.3 is 10.6 Å². The van der Waals surface area contributed by atoms with Gasteiger partial charge in [0.05, 0.1) is 11.4 Å². The minimum Gasteiger partial charge on any atom is -0.325 e. The highest BCUT2D eigenvalue weighted by molar-refractivity contribution is 8.00. The first-order valence-corrected chi connectivity index (χ1v) is 7.58.